The molecule has 0 bridgehead atoms. The van der Waals surface area contributed by atoms with Crippen LogP contribution in [0.15, 0.2) is 0 Å². The number of aliphatic hydroxyl groups is 1. The maximum Gasteiger partial charge on any atom is 0.0767 e. The van der Waals surface area contributed by atoms with Crippen LogP contribution in [0.25, 0.3) is 0 Å². The highest BCUT2D eigenvalue weighted by atomic mass is 16.3. The summed E-state index contributed by atoms with van der Waals surface area (Å²) in [4.78, 5) is 0. The maximum absolute atomic E-state index is 9.99. The zero-order valence-electron chi connectivity index (χ0n) is 10.6. The van der Waals surface area contributed by atoms with Crippen LogP contribution in [0.2, 0.25) is 0 Å². The van der Waals surface area contributed by atoms with Gasteiger partial charge in [-0.05, 0) is 47.1 Å². The molecule has 1 heterocycles. The van der Waals surface area contributed by atoms with Crippen LogP contribution in [0.1, 0.15) is 47.0 Å². The minimum atomic E-state index is -0.693. The molecule has 3 N–H and O–H groups in total. The molecule has 90 valence electrons. The molecule has 0 amide bonds. The fourth-order valence-electron chi connectivity index (χ4n) is 1.69. The van der Waals surface area contributed by atoms with Crippen molar-refractivity contribution in [1.29, 1.82) is 0 Å². The SMILES string of the molecule is CC(C)(O)C(C)(C)NCC1CCCCN1. The summed E-state index contributed by atoms with van der Waals surface area (Å²) in [6.45, 7) is 9.89. The summed E-state index contributed by atoms with van der Waals surface area (Å²) in [5.74, 6) is 0. The molecule has 3 heteroatoms. The molecule has 0 radical (unpaired) electrons. The van der Waals surface area contributed by atoms with Gasteiger partial charge >= 0.3 is 0 Å². The van der Waals surface area contributed by atoms with E-state index in [1.165, 1.54) is 19.3 Å². The van der Waals surface area contributed by atoms with Crippen molar-refractivity contribution in [3.63, 3.8) is 0 Å². The van der Waals surface area contributed by atoms with Crippen LogP contribution in [0.5, 0.6) is 0 Å². The van der Waals surface area contributed by atoms with E-state index >= 15 is 0 Å². The van der Waals surface area contributed by atoms with Crippen LogP contribution in [0.3, 0.4) is 0 Å². The molecule has 1 aliphatic heterocycles. The van der Waals surface area contributed by atoms with Crippen molar-refractivity contribution in [2.75, 3.05) is 13.1 Å². The highest BCUT2D eigenvalue weighted by molar-refractivity contribution is 4.94. The van der Waals surface area contributed by atoms with Crippen LogP contribution in [0.4, 0.5) is 0 Å². The van der Waals surface area contributed by atoms with Gasteiger partial charge in [0, 0.05) is 18.1 Å². The third kappa shape index (κ3) is 3.74. The second kappa shape index (κ2) is 4.81. The van der Waals surface area contributed by atoms with Gasteiger partial charge in [-0.2, -0.15) is 0 Å². The van der Waals surface area contributed by atoms with Gasteiger partial charge in [0.2, 0.25) is 0 Å². The molecule has 0 aromatic heterocycles. The third-order valence-corrected chi connectivity index (χ3v) is 3.73. The Morgan fingerprint density at radius 3 is 2.40 bits per heavy atom. The van der Waals surface area contributed by atoms with E-state index in [4.69, 9.17) is 0 Å². The molecule has 3 nitrogen and oxygen atoms in total. The van der Waals surface area contributed by atoms with E-state index in [0.717, 1.165) is 13.1 Å². The third-order valence-electron chi connectivity index (χ3n) is 3.73. The van der Waals surface area contributed by atoms with Crippen LogP contribution in [-0.2, 0) is 0 Å². The molecule has 1 atom stereocenters. The summed E-state index contributed by atoms with van der Waals surface area (Å²) in [6.07, 6.45) is 3.86. The summed E-state index contributed by atoms with van der Waals surface area (Å²) < 4.78 is 0. The Morgan fingerprint density at radius 1 is 1.27 bits per heavy atom. The Labute approximate surface area is 93.6 Å². The lowest BCUT2D eigenvalue weighted by Gasteiger charge is -2.39. The smallest absolute Gasteiger partial charge is 0.0767 e. The fraction of sp³-hybridized carbons (Fsp3) is 1.00. The number of rotatable bonds is 4. The first kappa shape index (κ1) is 12.9. The average Bonchev–Trinajstić information content (AvgIpc) is 2.15. The Bertz CT molecular complexity index is 190. The first-order chi connectivity index (χ1) is 6.83. The molecular formula is C12H26N2O. The van der Waals surface area contributed by atoms with Gasteiger partial charge in [0.15, 0.2) is 0 Å². The van der Waals surface area contributed by atoms with Gasteiger partial charge in [-0.15, -0.1) is 0 Å². The Balaban J connectivity index is 2.35. The predicted molar refractivity (Wildman–Crippen MR) is 64.0 cm³/mol. The summed E-state index contributed by atoms with van der Waals surface area (Å²) in [5, 5.41) is 16.9. The largest absolute Gasteiger partial charge is 0.389 e. The minimum absolute atomic E-state index is 0.244. The maximum atomic E-state index is 9.99. The zero-order chi connectivity index (χ0) is 11.5. The molecule has 0 aromatic rings. The normalized spacial score (nSPS) is 24.2. The van der Waals surface area contributed by atoms with E-state index < -0.39 is 5.60 Å². The molecule has 0 saturated carbocycles. The van der Waals surface area contributed by atoms with Gasteiger partial charge < -0.3 is 15.7 Å². The molecule has 1 saturated heterocycles. The van der Waals surface area contributed by atoms with Crippen LogP contribution in [0, 0.1) is 0 Å². The van der Waals surface area contributed by atoms with Crippen molar-refractivity contribution in [2.24, 2.45) is 0 Å². The molecular weight excluding hydrogens is 188 g/mol. The van der Waals surface area contributed by atoms with Gasteiger partial charge in [0.05, 0.1) is 5.60 Å². The van der Waals surface area contributed by atoms with Crippen molar-refractivity contribution in [3.8, 4) is 0 Å². The molecule has 1 fully saturated rings. The molecule has 1 aliphatic rings. The average molecular weight is 214 g/mol. The van der Waals surface area contributed by atoms with Crippen LogP contribution >= 0.6 is 0 Å². The van der Waals surface area contributed by atoms with Gasteiger partial charge in [-0.25, -0.2) is 0 Å². The number of hydrogen-bond donors (Lipinski definition) is 3. The second-order valence-corrected chi connectivity index (χ2v) is 5.71. The Hall–Kier alpha value is -0.120. The van der Waals surface area contributed by atoms with E-state index in [9.17, 15) is 5.11 Å². The van der Waals surface area contributed by atoms with Gasteiger partial charge in [-0.1, -0.05) is 6.42 Å². The zero-order valence-corrected chi connectivity index (χ0v) is 10.6. The van der Waals surface area contributed by atoms with E-state index in [1.54, 1.807) is 0 Å². The van der Waals surface area contributed by atoms with Crippen molar-refractivity contribution < 1.29 is 5.11 Å². The minimum Gasteiger partial charge on any atom is -0.389 e. The van der Waals surface area contributed by atoms with E-state index in [0.29, 0.717) is 6.04 Å². The highest BCUT2D eigenvalue weighted by Gasteiger charge is 2.34. The van der Waals surface area contributed by atoms with Crippen molar-refractivity contribution in [2.45, 2.75) is 64.1 Å². The quantitative estimate of drug-likeness (QED) is 0.660. The summed E-state index contributed by atoms with van der Waals surface area (Å²) in [5.41, 5.74) is -0.937. The summed E-state index contributed by atoms with van der Waals surface area (Å²) >= 11 is 0. The van der Waals surface area contributed by atoms with Crippen molar-refractivity contribution in [1.82, 2.24) is 10.6 Å². The lowest BCUT2D eigenvalue weighted by atomic mass is 9.85. The van der Waals surface area contributed by atoms with E-state index in [2.05, 4.69) is 24.5 Å². The van der Waals surface area contributed by atoms with E-state index in [-0.39, 0.29) is 5.54 Å². The molecule has 1 unspecified atom stereocenters. The number of piperidine rings is 1. The van der Waals surface area contributed by atoms with Crippen molar-refractivity contribution in [3.05, 3.63) is 0 Å². The lowest BCUT2D eigenvalue weighted by Crippen LogP contribution is -2.58. The van der Waals surface area contributed by atoms with E-state index in [1.807, 2.05) is 13.8 Å². The Kier molecular flexibility index (Phi) is 4.15. The van der Waals surface area contributed by atoms with Gasteiger partial charge in [0.25, 0.3) is 0 Å². The van der Waals surface area contributed by atoms with Gasteiger partial charge in [-0.3, -0.25) is 0 Å². The number of hydrogen-bond acceptors (Lipinski definition) is 3. The van der Waals surface area contributed by atoms with Gasteiger partial charge in [0.1, 0.15) is 0 Å². The second-order valence-electron chi connectivity index (χ2n) is 5.71. The Morgan fingerprint density at radius 2 is 1.93 bits per heavy atom. The predicted octanol–water partition coefficient (Wildman–Crippen LogP) is 1.27. The lowest BCUT2D eigenvalue weighted by molar-refractivity contribution is -0.00561. The monoisotopic (exact) mass is 214 g/mol. The first-order valence-corrected chi connectivity index (χ1v) is 6.04. The fourth-order valence-corrected chi connectivity index (χ4v) is 1.69. The first-order valence-electron chi connectivity index (χ1n) is 6.04. The van der Waals surface area contributed by atoms with Crippen molar-refractivity contribution >= 4 is 0 Å². The summed E-state index contributed by atoms with van der Waals surface area (Å²) in [7, 11) is 0. The molecule has 0 aromatic carbocycles. The summed E-state index contributed by atoms with van der Waals surface area (Å²) in [6, 6.07) is 0.570. The molecule has 15 heavy (non-hydrogen) atoms. The van der Waals surface area contributed by atoms with Crippen LogP contribution < -0.4 is 10.6 Å². The molecule has 1 rings (SSSR count). The topological polar surface area (TPSA) is 44.3 Å². The molecule has 0 spiro atoms. The number of nitrogens with one attached hydrogen (secondary N) is 2. The highest BCUT2D eigenvalue weighted by Crippen LogP contribution is 2.20. The standard InChI is InChI=1S/C12H26N2O/c1-11(2,12(3,4)15)14-9-10-7-5-6-8-13-10/h10,13-15H,5-9H2,1-4H3. The van der Waals surface area contributed by atoms with Crippen LogP contribution in [-0.4, -0.2) is 35.4 Å². The molecule has 0 aliphatic carbocycles.